The molecule has 0 bridgehead atoms. The molecule has 1 saturated heterocycles. The van der Waals surface area contributed by atoms with E-state index in [1.807, 2.05) is 14.1 Å². The highest BCUT2D eigenvalue weighted by atomic mass is 127. The maximum Gasteiger partial charge on any atom is 0.230 e. The number of likely N-dealkylation sites (tertiary alicyclic amines) is 1. The smallest absolute Gasteiger partial charge is 0.230 e. The third kappa shape index (κ3) is 7.07. The molecule has 2 aliphatic rings. The van der Waals surface area contributed by atoms with Crippen molar-refractivity contribution >= 4 is 35.8 Å². The minimum Gasteiger partial charge on any atom is -0.355 e. The van der Waals surface area contributed by atoms with Gasteiger partial charge in [-0.15, -0.1) is 24.0 Å². The Bertz CT molecular complexity index is 481. The highest BCUT2D eigenvalue weighted by molar-refractivity contribution is 14.0. The monoisotopic (exact) mass is 493 g/mol. The molecule has 0 radical (unpaired) electrons. The van der Waals surface area contributed by atoms with Crippen LogP contribution in [-0.4, -0.2) is 75.5 Å². The Morgan fingerprint density at radius 3 is 2.26 bits per heavy atom. The van der Waals surface area contributed by atoms with E-state index in [-0.39, 0.29) is 35.3 Å². The van der Waals surface area contributed by atoms with Crippen LogP contribution in [0.1, 0.15) is 46.0 Å². The van der Waals surface area contributed by atoms with Gasteiger partial charge in [0.1, 0.15) is 0 Å². The normalized spacial score (nSPS) is 25.6. The number of amides is 1. The van der Waals surface area contributed by atoms with Crippen LogP contribution in [0.3, 0.4) is 0 Å². The standard InChI is InChI=1S/C20H39N5O.HI/c1-16-12-17(2)14-25(13-16)11-10-22-19(21-3)23-15-20(8-6-7-9-20)18(26)24(4)5;/h16-17H,6-15H2,1-5H3,(H2,21,22,23);1H. The van der Waals surface area contributed by atoms with Gasteiger partial charge in [-0.3, -0.25) is 9.79 Å². The second-order valence-electron chi connectivity index (χ2n) is 8.75. The van der Waals surface area contributed by atoms with Gasteiger partial charge in [0.2, 0.25) is 5.91 Å². The first-order valence-corrected chi connectivity index (χ1v) is 10.2. The summed E-state index contributed by atoms with van der Waals surface area (Å²) in [5.41, 5.74) is -0.265. The van der Waals surface area contributed by atoms with E-state index in [1.165, 1.54) is 19.5 Å². The number of piperidine rings is 1. The van der Waals surface area contributed by atoms with E-state index in [0.717, 1.165) is 56.6 Å². The molecule has 0 aromatic heterocycles. The summed E-state index contributed by atoms with van der Waals surface area (Å²) < 4.78 is 0. The van der Waals surface area contributed by atoms with Crippen molar-refractivity contribution in [1.29, 1.82) is 0 Å². The van der Waals surface area contributed by atoms with Crippen LogP contribution in [-0.2, 0) is 4.79 Å². The first kappa shape index (κ1) is 24.5. The molecule has 2 fully saturated rings. The number of guanidine groups is 1. The third-order valence-electron chi connectivity index (χ3n) is 5.90. The Morgan fingerprint density at radius 1 is 1.15 bits per heavy atom. The van der Waals surface area contributed by atoms with E-state index >= 15 is 0 Å². The molecule has 1 aliphatic heterocycles. The maximum atomic E-state index is 12.7. The number of halogens is 1. The number of hydrogen-bond acceptors (Lipinski definition) is 3. The molecular formula is C20H40IN5O. The maximum absolute atomic E-state index is 12.7. The van der Waals surface area contributed by atoms with Crippen LogP contribution >= 0.6 is 24.0 Å². The Hall–Kier alpha value is -0.570. The third-order valence-corrected chi connectivity index (χ3v) is 5.90. The lowest BCUT2D eigenvalue weighted by Gasteiger charge is -2.35. The zero-order chi connectivity index (χ0) is 19.2. The highest BCUT2D eigenvalue weighted by Gasteiger charge is 2.42. The molecular weight excluding hydrogens is 453 g/mol. The van der Waals surface area contributed by atoms with Crippen molar-refractivity contribution in [3.8, 4) is 0 Å². The van der Waals surface area contributed by atoms with Crippen LogP contribution in [0.15, 0.2) is 4.99 Å². The number of rotatable bonds is 6. The number of carbonyl (C=O) groups is 1. The molecule has 1 amide bonds. The average Bonchev–Trinajstić information content (AvgIpc) is 3.06. The molecule has 0 spiro atoms. The summed E-state index contributed by atoms with van der Waals surface area (Å²) >= 11 is 0. The Balaban J connectivity index is 0.00000364. The van der Waals surface area contributed by atoms with Crippen molar-refractivity contribution in [2.45, 2.75) is 46.0 Å². The van der Waals surface area contributed by atoms with Gasteiger partial charge >= 0.3 is 0 Å². The zero-order valence-electron chi connectivity index (χ0n) is 17.9. The number of nitrogens with zero attached hydrogens (tertiary/aromatic N) is 3. The predicted molar refractivity (Wildman–Crippen MR) is 124 cm³/mol. The van der Waals surface area contributed by atoms with E-state index in [9.17, 15) is 4.79 Å². The first-order valence-electron chi connectivity index (χ1n) is 10.2. The highest BCUT2D eigenvalue weighted by Crippen LogP contribution is 2.38. The average molecular weight is 493 g/mol. The van der Waals surface area contributed by atoms with Crippen LogP contribution < -0.4 is 10.6 Å². The fraction of sp³-hybridized carbons (Fsp3) is 0.900. The number of carbonyl (C=O) groups excluding carboxylic acids is 1. The molecule has 0 aromatic rings. The van der Waals surface area contributed by atoms with Crippen molar-refractivity contribution in [2.24, 2.45) is 22.2 Å². The van der Waals surface area contributed by atoms with Crippen molar-refractivity contribution < 1.29 is 4.79 Å². The van der Waals surface area contributed by atoms with Crippen molar-refractivity contribution in [2.75, 3.05) is 53.9 Å². The molecule has 7 heteroatoms. The molecule has 27 heavy (non-hydrogen) atoms. The molecule has 1 aliphatic carbocycles. The molecule has 6 nitrogen and oxygen atoms in total. The lowest BCUT2D eigenvalue weighted by atomic mass is 9.84. The van der Waals surface area contributed by atoms with E-state index in [2.05, 4.69) is 34.4 Å². The Kier molecular flexibility index (Phi) is 10.4. The van der Waals surface area contributed by atoms with Gasteiger partial charge in [0.25, 0.3) is 0 Å². The van der Waals surface area contributed by atoms with Crippen LogP contribution in [0.2, 0.25) is 0 Å². The molecule has 1 saturated carbocycles. The van der Waals surface area contributed by atoms with E-state index in [4.69, 9.17) is 0 Å². The summed E-state index contributed by atoms with van der Waals surface area (Å²) in [7, 11) is 5.52. The predicted octanol–water partition coefficient (Wildman–Crippen LogP) is 2.40. The second kappa shape index (κ2) is 11.4. The fourth-order valence-corrected chi connectivity index (χ4v) is 4.77. The lowest BCUT2D eigenvalue weighted by molar-refractivity contribution is -0.138. The summed E-state index contributed by atoms with van der Waals surface area (Å²) in [5.74, 6) is 2.63. The van der Waals surface area contributed by atoms with Crippen molar-refractivity contribution in [1.82, 2.24) is 20.4 Å². The van der Waals surface area contributed by atoms with E-state index in [1.54, 1.807) is 11.9 Å². The Labute approximate surface area is 182 Å². The Morgan fingerprint density at radius 2 is 1.74 bits per heavy atom. The molecule has 2 rings (SSSR count). The molecule has 158 valence electrons. The van der Waals surface area contributed by atoms with Gasteiger partial charge in [-0.05, 0) is 31.1 Å². The van der Waals surface area contributed by atoms with Gasteiger partial charge in [0.15, 0.2) is 5.96 Å². The summed E-state index contributed by atoms with van der Waals surface area (Å²) in [6, 6.07) is 0. The number of nitrogens with one attached hydrogen (secondary N) is 2. The first-order chi connectivity index (χ1) is 12.4. The molecule has 2 atom stereocenters. The lowest BCUT2D eigenvalue weighted by Crippen LogP contribution is -2.50. The molecule has 0 aromatic carbocycles. The van der Waals surface area contributed by atoms with Crippen LogP contribution in [0, 0.1) is 17.3 Å². The minimum absolute atomic E-state index is 0. The van der Waals surface area contributed by atoms with Gasteiger partial charge < -0.3 is 20.4 Å². The fourth-order valence-electron chi connectivity index (χ4n) is 4.77. The summed E-state index contributed by atoms with van der Waals surface area (Å²) in [6.07, 6.45) is 5.56. The van der Waals surface area contributed by atoms with Crippen LogP contribution in [0.5, 0.6) is 0 Å². The van der Waals surface area contributed by atoms with Crippen molar-refractivity contribution in [3.63, 3.8) is 0 Å². The summed E-state index contributed by atoms with van der Waals surface area (Å²) in [5, 5.41) is 6.84. The van der Waals surface area contributed by atoms with Gasteiger partial charge in [-0.2, -0.15) is 0 Å². The zero-order valence-corrected chi connectivity index (χ0v) is 20.2. The SMILES string of the molecule is CN=C(NCCN1CC(C)CC(C)C1)NCC1(C(=O)N(C)C)CCCC1.I. The molecule has 2 unspecified atom stereocenters. The molecule has 2 N–H and O–H groups in total. The van der Waals surface area contributed by atoms with E-state index < -0.39 is 0 Å². The van der Waals surface area contributed by atoms with Crippen LogP contribution in [0.4, 0.5) is 0 Å². The summed E-state index contributed by atoms with van der Waals surface area (Å²) in [4.78, 5) is 21.3. The topological polar surface area (TPSA) is 60.0 Å². The largest absolute Gasteiger partial charge is 0.355 e. The van der Waals surface area contributed by atoms with Gasteiger partial charge in [-0.1, -0.05) is 26.7 Å². The molecule has 1 heterocycles. The number of aliphatic imine (C=N–C) groups is 1. The quantitative estimate of drug-likeness (QED) is 0.339. The van der Waals surface area contributed by atoms with Gasteiger partial charge in [0.05, 0.1) is 5.41 Å². The second-order valence-corrected chi connectivity index (χ2v) is 8.75. The van der Waals surface area contributed by atoms with E-state index in [0.29, 0.717) is 6.54 Å². The van der Waals surface area contributed by atoms with Crippen molar-refractivity contribution in [3.05, 3.63) is 0 Å². The summed E-state index contributed by atoms with van der Waals surface area (Å²) in [6.45, 7) is 9.67. The minimum atomic E-state index is -0.265. The van der Waals surface area contributed by atoms with Gasteiger partial charge in [-0.25, -0.2) is 0 Å². The van der Waals surface area contributed by atoms with Crippen LogP contribution in [0.25, 0.3) is 0 Å². The van der Waals surface area contributed by atoms with Gasteiger partial charge in [0, 0.05) is 53.9 Å². The number of hydrogen-bond donors (Lipinski definition) is 2.